The number of hydrogen-bond acceptors (Lipinski definition) is 8. The fourth-order valence-corrected chi connectivity index (χ4v) is 2.58. The van der Waals surface area contributed by atoms with Crippen molar-refractivity contribution in [3.63, 3.8) is 0 Å². The molecule has 0 fully saturated rings. The molecule has 0 amide bonds. The highest BCUT2D eigenvalue weighted by molar-refractivity contribution is 5.87. The van der Waals surface area contributed by atoms with Gasteiger partial charge < -0.3 is 4.74 Å². The molecule has 0 atom stereocenters. The molecular formula is C17H11N5O5. The highest BCUT2D eigenvalue weighted by Gasteiger charge is 2.18. The van der Waals surface area contributed by atoms with E-state index >= 15 is 0 Å². The number of nitro groups is 1. The summed E-state index contributed by atoms with van der Waals surface area (Å²) >= 11 is 0. The van der Waals surface area contributed by atoms with E-state index < -0.39 is 10.9 Å². The smallest absolute Gasteiger partial charge is 0.359 e. The highest BCUT2D eigenvalue weighted by atomic mass is 16.6. The summed E-state index contributed by atoms with van der Waals surface area (Å²) in [5.41, 5.74) is 1.87. The summed E-state index contributed by atoms with van der Waals surface area (Å²) in [6.45, 7) is -0.0390. The number of para-hydroxylation sites is 2. The van der Waals surface area contributed by atoms with E-state index in [4.69, 9.17) is 4.74 Å². The predicted molar refractivity (Wildman–Crippen MR) is 91.1 cm³/mol. The van der Waals surface area contributed by atoms with E-state index in [0.717, 1.165) is 0 Å². The third-order valence-electron chi connectivity index (χ3n) is 3.85. The van der Waals surface area contributed by atoms with Gasteiger partial charge in [-0.15, -0.1) is 0 Å². The Kier molecular flexibility index (Phi) is 4.05. The Morgan fingerprint density at radius 1 is 1.15 bits per heavy atom. The first kappa shape index (κ1) is 16.4. The van der Waals surface area contributed by atoms with Gasteiger partial charge in [0.1, 0.15) is 23.3 Å². The first-order valence-electron chi connectivity index (χ1n) is 7.80. The number of ether oxygens (including phenoxy) is 1. The molecule has 0 N–H and O–H groups in total. The number of benzene rings is 2. The molecule has 10 heteroatoms. The molecule has 0 aliphatic carbocycles. The summed E-state index contributed by atoms with van der Waals surface area (Å²) in [5.74, 6) is -0.666. The average molecular weight is 365 g/mol. The monoisotopic (exact) mass is 365 g/mol. The maximum atomic E-state index is 12.3. The van der Waals surface area contributed by atoms with Gasteiger partial charge in [-0.3, -0.25) is 10.1 Å². The molecule has 2 heterocycles. The number of esters is 1. The molecule has 0 bridgehead atoms. The lowest BCUT2D eigenvalue weighted by atomic mass is 10.2. The van der Waals surface area contributed by atoms with Crippen LogP contribution < -0.4 is 0 Å². The number of nitrogens with zero attached hydrogens (tertiary/aromatic N) is 5. The number of rotatable bonds is 5. The Balaban J connectivity index is 1.53. The summed E-state index contributed by atoms with van der Waals surface area (Å²) in [5, 5.41) is 22.7. The van der Waals surface area contributed by atoms with Crippen molar-refractivity contribution in [3.05, 3.63) is 76.1 Å². The molecule has 2 aromatic carbocycles. The first-order chi connectivity index (χ1) is 13.1. The first-order valence-corrected chi connectivity index (χ1v) is 7.80. The van der Waals surface area contributed by atoms with Gasteiger partial charge in [0, 0.05) is 17.8 Å². The zero-order valence-electron chi connectivity index (χ0n) is 13.7. The van der Waals surface area contributed by atoms with Crippen molar-refractivity contribution in [2.75, 3.05) is 0 Å². The quantitative estimate of drug-likeness (QED) is 0.300. The van der Waals surface area contributed by atoms with E-state index in [1.807, 2.05) is 0 Å². The minimum Gasteiger partial charge on any atom is -0.456 e. The van der Waals surface area contributed by atoms with Gasteiger partial charge >= 0.3 is 5.97 Å². The second-order valence-corrected chi connectivity index (χ2v) is 5.52. The Morgan fingerprint density at radius 2 is 2.00 bits per heavy atom. The Hall–Kier alpha value is -4.08. The molecule has 0 aliphatic heterocycles. The van der Waals surface area contributed by atoms with Crippen LogP contribution in [-0.4, -0.2) is 31.0 Å². The van der Waals surface area contributed by atoms with E-state index in [1.54, 1.807) is 36.4 Å². The van der Waals surface area contributed by atoms with Crippen molar-refractivity contribution in [1.29, 1.82) is 0 Å². The van der Waals surface area contributed by atoms with Crippen LogP contribution in [0.3, 0.4) is 0 Å². The topological polar surface area (TPSA) is 126 Å². The molecular weight excluding hydrogens is 354 g/mol. The SMILES string of the molecule is O=C(OCc1cccc2nonc12)c1ccn(-c2ccccc2[N+](=O)[O-])n1. The van der Waals surface area contributed by atoms with E-state index in [-0.39, 0.29) is 23.7 Å². The van der Waals surface area contributed by atoms with E-state index in [9.17, 15) is 14.9 Å². The number of hydrogen-bond donors (Lipinski definition) is 0. The van der Waals surface area contributed by atoms with Crippen LogP contribution in [-0.2, 0) is 11.3 Å². The third-order valence-corrected chi connectivity index (χ3v) is 3.85. The summed E-state index contributed by atoms with van der Waals surface area (Å²) in [7, 11) is 0. The third kappa shape index (κ3) is 3.11. The largest absolute Gasteiger partial charge is 0.456 e. The fourth-order valence-electron chi connectivity index (χ4n) is 2.58. The number of fused-ring (bicyclic) bond motifs is 1. The summed E-state index contributed by atoms with van der Waals surface area (Å²) < 4.78 is 11.2. The second-order valence-electron chi connectivity index (χ2n) is 5.52. The molecule has 27 heavy (non-hydrogen) atoms. The van der Waals surface area contributed by atoms with Crippen LogP contribution in [0.1, 0.15) is 16.1 Å². The van der Waals surface area contributed by atoms with Crippen molar-refractivity contribution >= 4 is 22.7 Å². The van der Waals surface area contributed by atoms with Gasteiger partial charge in [-0.25, -0.2) is 14.1 Å². The van der Waals surface area contributed by atoms with E-state index in [0.29, 0.717) is 16.6 Å². The van der Waals surface area contributed by atoms with Gasteiger partial charge in [0.25, 0.3) is 5.69 Å². The van der Waals surface area contributed by atoms with Gasteiger partial charge in [0.2, 0.25) is 0 Å². The van der Waals surface area contributed by atoms with Crippen LogP contribution in [0.4, 0.5) is 5.69 Å². The molecule has 0 aliphatic rings. The van der Waals surface area contributed by atoms with Gasteiger partial charge in [0.15, 0.2) is 5.69 Å². The maximum absolute atomic E-state index is 12.3. The lowest BCUT2D eigenvalue weighted by molar-refractivity contribution is -0.384. The van der Waals surface area contributed by atoms with Gasteiger partial charge in [-0.05, 0) is 28.5 Å². The average Bonchev–Trinajstić information content (AvgIpc) is 3.35. The zero-order valence-corrected chi connectivity index (χ0v) is 13.7. The van der Waals surface area contributed by atoms with Gasteiger partial charge in [0.05, 0.1) is 4.92 Å². The molecule has 0 saturated carbocycles. The number of carbonyl (C=O) groups is 1. The summed E-state index contributed by atoms with van der Waals surface area (Å²) in [6, 6.07) is 12.8. The van der Waals surface area contributed by atoms with Crippen LogP contribution in [0, 0.1) is 10.1 Å². The minimum atomic E-state index is -0.666. The maximum Gasteiger partial charge on any atom is 0.359 e. The van der Waals surface area contributed by atoms with Crippen molar-refractivity contribution in [3.8, 4) is 5.69 Å². The van der Waals surface area contributed by atoms with Crippen LogP contribution in [0.15, 0.2) is 59.4 Å². The molecule has 10 nitrogen and oxygen atoms in total. The Morgan fingerprint density at radius 3 is 2.85 bits per heavy atom. The van der Waals surface area contributed by atoms with E-state index in [2.05, 4.69) is 20.0 Å². The molecule has 4 aromatic rings. The normalized spacial score (nSPS) is 10.8. The lowest BCUT2D eigenvalue weighted by Crippen LogP contribution is -2.08. The van der Waals surface area contributed by atoms with Crippen molar-refractivity contribution in [2.45, 2.75) is 6.61 Å². The lowest BCUT2D eigenvalue weighted by Gasteiger charge is -2.04. The van der Waals surface area contributed by atoms with Gasteiger partial charge in [-0.2, -0.15) is 5.10 Å². The number of carbonyl (C=O) groups excluding carboxylic acids is 1. The molecule has 2 aromatic heterocycles. The van der Waals surface area contributed by atoms with Crippen molar-refractivity contribution in [2.24, 2.45) is 0 Å². The van der Waals surface area contributed by atoms with Crippen molar-refractivity contribution in [1.82, 2.24) is 20.1 Å². The highest BCUT2D eigenvalue weighted by Crippen LogP contribution is 2.22. The standard InChI is InChI=1S/C17H11N5O5/c23-17(26-10-11-4-3-5-12-16(11)20-27-19-12)13-8-9-21(18-13)14-6-1-2-7-15(14)22(24)25/h1-9H,10H2. The molecule has 0 radical (unpaired) electrons. The zero-order chi connectivity index (χ0) is 18.8. The number of aromatic nitrogens is 4. The van der Waals surface area contributed by atoms with Crippen LogP contribution in [0.5, 0.6) is 0 Å². The minimum absolute atomic E-state index is 0.0265. The molecule has 0 unspecified atom stereocenters. The predicted octanol–water partition coefficient (Wildman–Crippen LogP) is 2.67. The van der Waals surface area contributed by atoms with E-state index in [1.165, 1.54) is 23.0 Å². The summed E-state index contributed by atoms with van der Waals surface area (Å²) in [6.07, 6.45) is 1.46. The van der Waals surface area contributed by atoms with Crippen molar-refractivity contribution < 1.29 is 19.1 Å². The Labute approximate surface area is 151 Å². The number of nitro benzene ring substituents is 1. The van der Waals surface area contributed by atoms with Crippen LogP contribution in [0.2, 0.25) is 0 Å². The molecule has 134 valence electrons. The molecule has 0 spiro atoms. The summed E-state index contributed by atoms with van der Waals surface area (Å²) in [4.78, 5) is 22.9. The Bertz CT molecular complexity index is 1150. The molecule has 4 rings (SSSR count). The van der Waals surface area contributed by atoms with Crippen LogP contribution in [0.25, 0.3) is 16.7 Å². The molecule has 0 saturated heterocycles. The second kappa shape index (κ2) is 6.67. The fraction of sp³-hybridized carbons (Fsp3) is 0.0588. The van der Waals surface area contributed by atoms with Gasteiger partial charge in [-0.1, -0.05) is 24.3 Å². The van der Waals surface area contributed by atoms with Crippen LogP contribution >= 0.6 is 0 Å².